The van der Waals surface area contributed by atoms with Crippen LogP contribution in [0.15, 0.2) is 78.9 Å². The first-order valence-electron chi connectivity index (χ1n) is 8.50. The molecule has 0 radical (unpaired) electrons. The normalized spacial score (nSPS) is 10.1. The summed E-state index contributed by atoms with van der Waals surface area (Å²) in [6.07, 6.45) is 0. The van der Waals surface area contributed by atoms with E-state index in [1.54, 1.807) is 0 Å². The van der Waals surface area contributed by atoms with Crippen LogP contribution in [0, 0.1) is 0 Å². The first-order chi connectivity index (χ1) is 11.2. The van der Waals surface area contributed by atoms with E-state index in [9.17, 15) is 0 Å². The maximum Gasteiger partial charge on any atom is -0.0175 e. The van der Waals surface area contributed by atoms with Crippen LogP contribution in [0.4, 0.5) is 0 Å². The third-order valence-electron chi connectivity index (χ3n) is 3.84. The Morgan fingerprint density at radius 1 is 0.522 bits per heavy atom. The quantitative estimate of drug-likeness (QED) is 0.481. The Bertz CT molecular complexity index is 652. The fourth-order valence-corrected chi connectivity index (χ4v) is 2.58. The van der Waals surface area contributed by atoms with Gasteiger partial charge in [0.2, 0.25) is 0 Å². The minimum atomic E-state index is 0.524. The molecule has 0 N–H and O–H groups in total. The Balaban J connectivity index is 0.000000924. The van der Waals surface area contributed by atoms with Crippen LogP contribution < -0.4 is 0 Å². The molecule has 0 aliphatic carbocycles. The van der Waals surface area contributed by atoms with Gasteiger partial charge in [0.05, 0.1) is 0 Å². The highest BCUT2D eigenvalue weighted by molar-refractivity contribution is 5.74. The lowest BCUT2D eigenvalue weighted by Crippen LogP contribution is -1.91. The zero-order chi connectivity index (χ0) is 16.7. The molecule has 0 fully saturated rings. The summed E-state index contributed by atoms with van der Waals surface area (Å²) in [6.45, 7) is 8.50. The Labute approximate surface area is 140 Å². The smallest absolute Gasteiger partial charge is 0.0175 e. The molecule has 0 nitrogen and oxygen atoms in total. The summed E-state index contributed by atoms with van der Waals surface area (Å²) in [5, 5.41) is 0. The molecule has 0 bridgehead atoms. The summed E-state index contributed by atoms with van der Waals surface area (Å²) >= 11 is 0. The summed E-state index contributed by atoms with van der Waals surface area (Å²) in [6, 6.07) is 28.1. The number of benzene rings is 3. The van der Waals surface area contributed by atoms with E-state index in [1.165, 1.54) is 27.8 Å². The van der Waals surface area contributed by atoms with E-state index in [0.29, 0.717) is 5.92 Å². The minimum absolute atomic E-state index is 0.524. The summed E-state index contributed by atoms with van der Waals surface area (Å²) in [5.74, 6) is 0.524. The van der Waals surface area contributed by atoms with Crippen LogP contribution in [0.5, 0.6) is 0 Å². The molecule has 118 valence electrons. The lowest BCUT2D eigenvalue weighted by atomic mass is 9.92. The Morgan fingerprint density at radius 3 is 1.26 bits per heavy atom. The highest BCUT2D eigenvalue weighted by Crippen LogP contribution is 2.30. The van der Waals surface area contributed by atoms with Gasteiger partial charge < -0.3 is 0 Å². The SMILES string of the molecule is CC.CC(C)c1cc(-c2ccccc2)cc(-c2ccccc2)c1. The van der Waals surface area contributed by atoms with Crippen molar-refractivity contribution >= 4 is 0 Å². The van der Waals surface area contributed by atoms with Gasteiger partial charge in [-0.15, -0.1) is 0 Å². The average Bonchev–Trinajstić information content (AvgIpc) is 2.64. The van der Waals surface area contributed by atoms with E-state index in [4.69, 9.17) is 0 Å². The van der Waals surface area contributed by atoms with Crippen molar-refractivity contribution in [3.05, 3.63) is 84.4 Å². The molecule has 3 aromatic rings. The van der Waals surface area contributed by atoms with Crippen LogP contribution in [-0.4, -0.2) is 0 Å². The van der Waals surface area contributed by atoms with Crippen LogP contribution >= 0.6 is 0 Å². The van der Waals surface area contributed by atoms with Crippen molar-refractivity contribution in [2.24, 2.45) is 0 Å². The van der Waals surface area contributed by atoms with Crippen molar-refractivity contribution in [3.63, 3.8) is 0 Å². The second-order valence-corrected chi connectivity index (χ2v) is 5.73. The van der Waals surface area contributed by atoms with Crippen molar-refractivity contribution in [2.75, 3.05) is 0 Å². The van der Waals surface area contributed by atoms with E-state index in [0.717, 1.165) is 0 Å². The molecule has 0 aliphatic heterocycles. The van der Waals surface area contributed by atoms with Gasteiger partial charge in [-0.3, -0.25) is 0 Å². The Hall–Kier alpha value is -2.34. The van der Waals surface area contributed by atoms with Crippen molar-refractivity contribution in [3.8, 4) is 22.3 Å². The largest absolute Gasteiger partial charge is 0.0683 e. The van der Waals surface area contributed by atoms with Crippen molar-refractivity contribution in [1.29, 1.82) is 0 Å². The predicted molar refractivity (Wildman–Crippen MR) is 103 cm³/mol. The van der Waals surface area contributed by atoms with Crippen LogP contribution in [0.25, 0.3) is 22.3 Å². The third kappa shape index (κ3) is 4.32. The first-order valence-corrected chi connectivity index (χ1v) is 8.50. The van der Waals surface area contributed by atoms with Gasteiger partial charge >= 0.3 is 0 Å². The van der Waals surface area contributed by atoms with Gasteiger partial charge in [-0.05, 0) is 39.8 Å². The molecule has 0 aliphatic rings. The topological polar surface area (TPSA) is 0 Å². The molecule has 0 unspecified atom stereocenters. The first kappa shape index (κ1) is 17.0. The summed E-state index contributed by atoms with van der Waals surface area (Å²) in [5.41, 5.74) is 6.52. The number of rotatable bonds is 3. The third-order valence-corrected chi connectivity index (χ3v) is 3.84. The highest BCUT2D eigenvalue weighted by atomic mass is 14.1. The standard InChI is InChI=1S/C21H20.C2H6/c1-16(2)19-13-20(17-9-5-3-6-10-17)15-21(14-19)18-11-7-4-8-12-18;1-2/h3-16H,1-2H3;1-2H3. The van der Waals surface area contributed by atoms with Gasteiger partial charge in [-0.2, -0.15) is 0 Å². The maximum absolute atomic E-state index is 2.31. The van der Waals surface area contributed by atoms with Gasteiger partial charge in [0, 0.05) is 0 Å². The fraction of sp³-hybridized carbons (Fsp3) is 0.217. The molecule has 0 aromatic heterocycles. The van der Waals surface area contributed by atoms with Crippen LogP contribution in [-0.2, 0) is 0 Å². The monoisotopic (exact) mass is 302 g/mol. The van der Waals surface area contributed by atoms with Gasteiger partial charge in [0.1, 0.15) is 0 Å². The van der Waals surface area contributed by atoms with E-state index in [1.807, 2.05) is 13.8 Å². The van der Waals surface area contributed by atoms with Crippen LogP contribution in [0.2, 0.25) is 0 Å². The van der Waals surface area contributed by atoms with E-state index in [-0.39, 0.29) is 0 Å². The van der Waals surface area contributed by atoms with Crippen molar-refractivity contribution < 1.29 is 0 Å². The fourth-order valence-electron chi connectivity index (χ4n) is 2.58. The molecule has 3 rings (SSSR count). The summed E-state index contributed by atoms with van der Waals surface area (Å²) in [7, 11) is 0. The minimum Gasteiger partial charge on any atom is -0.0683 e. The lowest BCUT2D eigenvalue weighted by molar-refractivity contribution is 0.867. The van der Waals surface area contributed by atoms with Crippen molar-refractivity contribution in [1.82, 2.24) is 0 Å². The van der Waals surface area contributed by atoms with Gasteiger partial charge in [0.25, 0.3) is 0 Å². The molecule has 0 atom stereocenters. The zero-order valence-electron chi connectivity index (χ0n) is 14.6. The Morgan fingerprint density at radius 2 is 0.913 bits per heavy atom. The summed E-state index contributed by atoms with van der Waals surface area (Å²) in [4.78, 5) is 0. The van der Waals surface area contributed by atoms with E-state index < -0.39 is 0 Å². The van der Waals surface area contributed by atoms with Gasteiger partial charge in [-0.1, -0.05) is 100 Å². The molecule has 0 spiro atoms. The molecule has 0 saturated heterocycles. The lowest BCUT2D eigenvalue weighted by Gasteiger charge is -2.13. The predicted octanol–water partition coefficient (Wildman–Crippen LogP) is 7.17. The van der Waals surface area contributed by atoms with Crippen LogP contribution in [0.1, 0.15) is 39.2 Å². The molecular weight excluding hydrogens is 276 g/mol. The molecule has 3 aromatic carbocycles. The average molecular weight is 302 g/mol. The highest BCUT2D eigenvalue weighted by Gasteiger charge is 2.07. The molecule has 0 heteroatoms. The Kier molecular flexibility index (Phi) is 6.17. The molecule has 0 saturated carbocycles. The van der Waals surface area contributed by atoms with Gasteiger partial charge in [-0.25, -0.2) is 0 Å². The van der Waals surface area contributed by atoms with Crippen LogP contribution in [0.3, 0.4) is 0 Å². The van der Waals surface area contributed by atoms with Gasteiger partial charge in [0.15, 0.2) is 0 Å². The van der Waals surface area contributed by atoms with Crippen molar-refractivity contribution in [2.45, 2.75) is 33.6 Å². The second-order valence-electron chi connectivity index (χ2n) is 5.73. The molecule has 23 heavy (non-hydrogen) atoms. The number of hydrogen-bond acceptors (Lipinski definition) is 0. The van der Waals surface area contributed by atoms with E-state index in [2.05, 4.69) is 92.7 Å². The number of hydrogen-bond donors (Lipinski definition) is 0. The molecular formula is C23H26. The zero-order valence-corrected chi connectivity index (χ0v) is 14.6. The van der Waals surface area contributed by atoms with E-state index >= 15 is 0 Å². The molecule has 0 amide bonds. The maximum atomic E-state index is 2.31. The second kappa shape index (κ2) is 8.33. The summed E-state index contributed by atoms with van der Waals surface area (Å²) < 4.78 is 0. The molecule has 0 heterocycles.